The summed E-state index contributed by atoms with van der Waals surface area (Å²) in [6.07, 6.45) is -0.939. The highest BCUT2D eigenvalue weighted by Gasteiger charge is 2.55. The molecule has 12 nitrogen and oxygen atoms in total. The number of carboxylic acid groups (broad SMARTS) is 1. The highest BCUT2D eigenvalue weighted by molar-refractivity contribution is 14.1. The number of carboxylic acids is 1. The fourth-order valence-corrected chi connectivity index (χ4v) is 7.07. The first-order valence-electron chi connectivity index (χ1n) is 11.0. The van der Waals surface area contributed by atoms with E-state index < -0.39 is 46.6 Å². The summed E-state index contributed by atoms with van der Waals surface area (Å²) in [7, 11) is 0. The summed E-state index contributed by atoms with van der Waals surface area (Å²) in [5.41, 5.74) is 10.7. The van der Waals surface area contributed by atoms with Gasteiger partial charge in [-0.05, 0) is 38.5 Å². The van der Waals surface area contributed by atoms with Crippen molar-refractivity contribution in [3.8, 4) is 0 Å². The molecule has 0 aliphatic carbocycles. The summed E-state index contributed by atoms with van der Waals surface area (Å²) in [4.78, 5) is 56.5. The van der Waals surface area contributed by atoms with Gasteiger partial charge in [-0.1, -0.05) is 40.0 Å². The van der Waals surface area contributed by atoms with E-state index in [4.69, 9.17) is 16.2 Å². The second-order valence-corrected chi connectivity index (χ2v) is 12.4. The molecule has 1 saturated heterocycles. The molecule has 0 bridgehead atoms. The molecule has 2 unspecified atom stereocenters. The summed E-state index contributed by atoms with van der Waals surface area (Å²) in [5.74, 6) is -2.24. The largest absolute Gasteiger partial charge is 0.477 e. The van der Waals surface area contributed by atoms with Crippen LogP contribution in [0, 0.1) is 0 Å². The third kappa shape index (κ3) is 5.21. The molecule has 3 heterocycles. The van der Waals surface area contributed by atoms with Gasteiger partial charge in [-0.3, -0.25) is 25.5 Å². The molecule has 3 atom stereocenters. The Morgan fingerprint density at radius 1 is 1.32 bits per heavy atom. The highest BCUT2D eigenvalue weighted by atomic mass is 127. The van der Waals surface area contributed by atoms with Crippen LogP contribution in [0.3, 0.4) is 0 Å². The van der Waals surface area contributed by atoms with Gasteiger partial charge in [0.25, 0.3) is 11.8 Å². The number of nitrogens with zero attached hydrogens (tertiary/aromatic N) is 2. The van der Waals surface area contributed by atoms with Gasteiger partial charge in [0.1, 0.15) is 22.7 Å². The van der Waals surface area contributed by atoms with Crippen molar-refractivity contribution >= 4 is 84.9 Å². The number of halogens is 1. The van der Waals surface area contributed by atoms with Crippen molar-refractivity contribution < 1.29 is 29.0 Å². The Morgan fingerprint density at radius 3 is 2.65 bits per heavy atom. The van der Waals surface area contributed by atoms with Gasteiger partial charge in [0, 0.05) is 15.7 Å². The standard InChI is InChI=1S/C22H25IN6O6S2/c1-21(2,3)35-20(34)28-22(25,10-4-5-11-12(6-10)37-19(24)26-11)18(33)27-13-15(30)29-14(17(31)32)9(7-23)8-36-16(13)29/h4-6,13,16H,7-8,25H2,1-3H3,(H2,24,26)(H,27,33)(H,28,34)(H,31,32)/t13?,16-,22?/m0/s1. The van der Waals surface area contributed by atoms with Crippen LogP contribution in [0.4, 0.5) is 9.93 Å². The predicted octanol–water partition coefficient (Wildman–Crippen LogP) is 1.69. The molecule has 0 saturated carbocycles. The SMILES string of the molecule is CC(C)(C)OC(=O)NC(N)(C(=O)NC1C(=O)N2C(C(=O)O)=C(CI)CS[C@@H]12)c1ccc2nc(N)sc2c1. The van der Waals surface area contributed by atoms with Crippen molar-refractivity contribution in [2.24, 2.45) is 5.73 Å². The van der Waals surface area contributed by atoms with Gasteiger partial charge in [0.15, 0.2) is 10.8 Å². The van der Waals surface area contributed by atoms with Crippen LogP contribution in [0.1, 0.15) is 26.3 Å². The van der Waals surface area contributed by atoms with Crippen LogP contribution in [-0.2, 0) is 24.8 Å². The molecule has 2 aliphatic heterocycles. The third-order valence-electron chi connectivity index (χ3n) is 5.61. The van der Waals surface area contributed by atoms with Crippen molar-refractivity contribution in [2.45, 2.75) is 43.5 Å². The molecule has 198 valence electrons. The van der Waals surface area contributed by atoms with Crippen LogP contribution in [0.5, 0.6) is 0 Å². The van der Waals surface area contributed by atoms with Gasteiger partial charge >= 0.3 is 12.1 Å². The molecule has 2 aromatic rings. The quantitative estimate of drug-likeness (QED) is 0.132. The number of anilines is 1. The van der Waals surface area contributed by atoms with Crippen LogP contribution in [-0.4, -0.2) is 66.1 Å². The van der Waals surface area contributed by atoms with Crippen molar-refractivity contribution in [1.29, 1.82) is 0 Å². The van der Waals surface area contributed by atoms with E-state index in [0.29, 0.717) is 31.1 Å². The molecule has 2 aliphatic rings. The Kier molecular flexibility index (Phi) is 7.35. The molecule has 37 heavy (non-hydrogen) atoms. The minimum absolute atomic E-state index is 0.0622. The van der Waals surface area contributed by atoms with E-state index in [0.717, 1.165) is 0 Å². The number of rotatable bonds is 6. The monoisotopic (exact) mass is 660 g/mol. The molecule has 3 amide bonds. The zero-order valence-electron chi connectivity index (χ0n) is 20.0. The van der Waals surface area contributed by atoms with E-state index >= 15 is 0 Å². The minimum Gasteiger partial charge on any atom is -0.477 e. The zero-order chi connectivity index (χ0) is 27.3. The molecule has 4 rings (SSSR count). The lowest BCUT2D eigenvalue weighted by Crippen LogP contribution is -2.74. The number of nitrogens with two attached hydrogens (primary N) is 2. The Balaban J connectivity index is 1.64. The molecule has 1 aromatic carbocycles. The molecule has 7 N–H and O–H groups in total. The molecule has 1 fully saturated rings. The van der Waals surface area contributed by atoms with E-state index in [1.807, 2.05) is 0 Å². The van der Waals surface area contributed by atoms with Crippen molar-refractivity contribution in [3.05, 3.63) is 35.0 Å². The van der Waals surface area contributed by atoms with Crippen LogP contribution < -0.4 is 22.1 Å². The first-order valence-corrected chi connectivity index (χ1v) is 14.4. The number of hydrogen-bond acceptors (Lipinski definition) is 10. The number of thioether (sulfide) groups is 1. The molecular weight excluding hydrogens is 635 g/mol. The number of amides is 3. The van der Waals surface area contributed by atoms with Crippen molar-refractivity contribution in [1.82, 2.24) is 20.5 Å². The van der Waals surface area contributed by atoms with Gasteiger partial charge in [0.05, 0.1) is 10.2 Å². The van der Waals surface area contributed by atoms with Gasteiger partial charge in [-0.2, -0.15) is 0 Å². The number of carbonyl (C=O) groups excluding carboxylic acids is 3. The van der Waals surface area contributed by atoms with E-state index in [1.165, 1.54) is 34.1 Å². The van der Waals surface area contributed by atoms with Crippen molar-refractivity contribution in [2.75, 3.05) is 15.9 Å². The fraction of sp³-hybridized carbons (Fsp3) is 0.409. The fourth-order valence-electron chi connectivity index (χ4n) is 3.95. The molecule has 0 radical (unpaired) electrons. The average Bonchev–Trinajstić information content (AvgIpc) is 3.18. The molecule has 0 spiro atoms. The van der Waals surface area contributed by atoms with Crippen LogP contribution in [0.25, 0.3) is 10.2 Å². The lowest BCUT2D eigenvalue weighted by Gasteiger charge is -2.50. The van der Waals surface area contributed by atoms with E-state index in [2.05, 4.69) is 38.2 Å². The Bertz CT molecular complexity index is 1340. The summed E-state index contributed by atoms with van der Waals surface area (Å²) < 4.78 is 6.42. The first-order chi connectivity index (χ1) is 17.2. The lowest BCUT2D eigenvalue weighted by molar-refractivity contribution is -0.151. The second kappa shape index (κ2) is 9.92. The number of carbonyl (C=O) groups is 4. The predicted molar refractivity (Wildman–Crippen MR) is 148 cm³/mol. The summed E-state index contributed by atoms with van der Waals surface area (Å²) in [6, 6.07) is 3.70. The summed E-state index contributed by atoms with van der Waals surface area (Å²) in [6.45, 7) is 4.99. The number of aliphatic carboxylic acids is 1. The number of aromatic nitrogens is 1. The Morgan fingerprint density at radius 2 is 2.03 bits per heavy atom. The summed E-state index contributed by atoms with van der Waals surface area (Å²) in [5, 5.41) is 14.4. The number of alkyl carbamates (subject to hydrolysis) is 1. The highest BCUT2D eigenvalue weighted by Crippen LogP contribution is 2.41. The smallest absolute Gasteiger partial charge is 0.409 e. The molecule has 15 heteroatoms. The number of nitrogens with one attached hydrogen (secondary N) is 2. The van der Waals surface area contributed by atoms with Crippen molar-refractivity contribution in [3.63, 3.8) is 0 Å². The van der Waals surface area contributed by atoms with Gasteiger partial charge < -0.3 is 20.9 Å². The number of nitrogen functional groups attached to an aromatic ring is 1. The Labute approximate surface area is 233 Å². The number of alkyl halides is 1. The zero-order valence-corrected chi connectivity index (χ0v) is 23.8. The average molecular weight is 661 g/mol. The maximum Gasteiger partial charge on any atom is 0.409 e. The normalized spacial score (nSPS) is 21.1. The number of ether oxygens (including phenoxy) is 1. The van der Waals surface area contributed by atoms with Crippen LogP contribution in [0.2, 0.25) is 0 Å². The van der Waals surface area contributed by atoms with Crippen LogP contribution in [0.15, 0.2) is 29.5 Å². The van der Waals surface area contributed by atoms with Gasteiger partial charge in [-0.25, -0.2) is 14.6 Å². The minimum atomic E-state index is -2.13. The van der Waals surface area contributed by atoms with Crippen LogP contribution >= 0.6 is 45.7 Å². The van der Waals surface area contributed by atoms with E-state index in [-0.39, 0.29) is 11.3 Å². The van der Waals surface area contributed by atoms with E-state index in [1.54, 1.807) is 32.9 Å². The second-order valence-electron chi connectivity index (χ2n) is 9.42. The number of β-lactam (4-membered cyclic amide) rings is 1. The van der Waals surface area contributed by atoms with E-state index in [9.17, 15) is 24.3 Å². The Hall–Kier alpha value is -2.63. The lowest BCUT2D eigenvalue weighted by atomic mass is 9.97. The van der Waals surface area contributed by atoms with Gasteiger partial charge in [0.2, 0.25) is 0 Å². The maximum atomic E-state index is 13.6. The molecule has 1 aromatic heterocycles. The number of fused-ring (bicyclic) bond motifs is 2. The molecular formula is C22H25IN6O6S2. The first kappa shape index (κ1) is 27.4. The number of hydrogen-bond donors (Lipinski definition) is 5. The number of benzene rings is 1. The summed E-state index contributed by atoms with van der Waals surface area (Å²) >= 11 is 4.58. The third-order valence-corrected chi connectivity index (χ3v) is 8.72. The number of thiazole rings is 1. The van der Waals surface area contributed by atoms with Gasteiger partial charge in [-0.15, -0.1) is 11.8 Å². The maximum absolute atomic E-state index is 13.6. The topological polar surface area (TPSA) is 190 Å².